The summed E-state index contributed by atoms with van der Waals surface area (Å²) in [5.74, 6) is 0. The van der Waals surface area contributed by atoms with Gasteiger partial charge in [0.1, 0.15) is 0 Å². The Hall–Kier alpha value is -1.56. The van der Waals surface area contributed by atoms with E-state index in [1.807, 2.05) is 0 Å². The van der Waals surface area contributed by atoms with Gasteiger partial charge in [0.2, 0.25) is 0 Å². The minimum atomic E-state index is 1.19. The van der Waals surface area contributed by atoms with Gasteiger partial charge in [-0.05, 0) is 36.8 Å². The molecular weight excluding hydrogens is 216 g/mol. The van der Waals surface area contributed by atoms with E-state index < -0.39 is 0 Å². The van der Waals surface area contributed by atoms with Crippen LogP contribution < -0.4 is 0 Å². The van der Waals surface area contributed by atoms with Gasteiger partial charge >= 0.3 is 0 Å². The van der Waals surface area contributed by atoms with E-state index in [-0.39, 0.29) is 0 Å². The molecule has 0 amide bonds. The summed E-state index contributed by atoms with van der Waals surface area (Å²) in [6.45, 7) is 0. The van der Waals surface area contributed by atoms with Crippen LogP contribution in [0.5, 0.6) is 0 Å². The van der Waals surface area contributed by atoms with Gasteiger partial charge in [-0.1, -0.05) is 73.6 Å². The SMILES string of the molecule is C1=C\CCCCCC/C(c2ccccc2)=C/C=C/1. The molecule has 0 fully saturated rings. The normalized spacial score (nSPS) is 24.1. The molecule has 0 unspecified atom stereocenters. The fraction of sp³-hybridized carbons (Fsp3) is 0.333. The summed E-state index contributed by atoms with van der Waals surface area (Å²) in [5.41, 5.74) is 2.82. The Labute approximate surface area is 111 Å². The van der Waals surface area contributed by atoms with Crippen molar-refractivity contribution < 1.29 is 0 Å². The summed E-state index contributed by atoms with van der Waals surface area (Å²) in [4.78, 5) is 0. The van der Waals surface area contributed by atoms with Crippen LogP contribution in [0.3, 0.4) is 0 Å². The van der Waals surface area contributed by atoms with Crippen molar-refractivity contribution in [2.45, 2.75) is 38.5 Å². The molecule has 0 heterocycles. The standard InChI is InChI=1S/C18H22/c1-2-4-6-9-13-17(14-10-7-5-3-1)18-15-11-8-12-16-18/h2,4,6,8-9,11-13,15-16H,1,3,5,7,10,14H2/b4-2-,9-6+,17-13-. The Morgan fingerprint density at radius 1 is 0.722 bits per heavy atom. The van der Waals surface area contributed by atoms with Crippen molar-refractivity contribution in [2.75, 3.05) is 0 Å². The molecule has 2 rings (SSSR count). The second kappa shape index (κ2) is 7.71. The highest BCUT2D eigenvalue weighted by molar-refractivity contribution is 5.66. The molecule has 1 aliphatic rings. The molecule has 0 saturated heterocycles. The zero-order chi connectivity index (χ0) is 12.5. The Morgan fingerprint density at radius 2 is 1.56 bits per heavy atom. The third-order valence-electron chi connectivity index (χ3n) is 3.37. The molecule has 0 saturated carbocycles. The quantitative estimate of drug-likeness (QED) is 0.603. The molecule has 0 N–H and O–H groups in total. The van der Waals surface area contributed by atoms with Crippen LogP contribution >= 0.6 is 0 Å². The third kappa shape index (κ3) is 4.37. The van der Waals surface area contributed by atoms with E-state index in [1.165, 1.54) is 49.7 Å². The van der Waals surface area contributed by atoms with Crippen molar-refractivity contribution >= 4 is 5.57 Å². The summed E-state index contributed by atoms with van der Waals surface area (Å²) < 4.78 is 0. The van der Waals surface area contributed by atoms with Crippen LogP contribution in [-0.2, 0) is 0 Å². The molecule has 0 aromatic heterocycles. The molecule has 1 aromatic rings. The number of allylic oxidation sites excluding steroid dienone is 6. The Kier molecular flexibility index (Phi) is 5.52. The van der Waals surface area contributed by atoms with Crippen LogP contribution in [0.1, 0.15) is 44.1 Å². The topological polar surface area (TPSA) is 0 Å². The second-order valence-corrected chi connectivity index (χ2v) is 4.82. The van der Waals surface area contributed by atoms with Crippen molar-refractivity contribution in [3.63, 3.8) is 0 Å². The van der Waals surface area contributed by atoms with Gasteiger partial charge in [-0.15, -0.1) is 0 Å². The summed E-state index contributed by atoms with van der Waals surface area (Å²) in [6.07, 6.45) is 18.8. The highest BCUT2D eigenvalue weighted by atomic mass is 14.1. The van der Waals surface area contributed by atoms with Gasteiger partial charge in [0.15, 0.2) is 0 Å². The molecule has 0 heteroatoms. The van der Waals surface area contributed by atoms with Crippen LogP contribution in [0.2, 0.25) is 0 Å². The maximum atomic E-state index is 2.27. The van der Waals surface area contributed by atoms with E-state index in [4.69, 9.17) is 0 Å². The van der Waals surface area contributed by atoms with E-state index in [0.29, 0.717) is 0 Å². The molecule has 1 aliphatic carbocycles. The average molecular weight is 238 g/mol. The van der Waals surface area contributed by atoms with Gasteiger partial charge in [-0.25, -0.2) is 0 Å². The maximum absolute atomic E-state index is 2.27. The molecule has 0 atom stereocenters. The van der Waals surface area contributed by atoms with Gasteiger partial charge in [0.25, 0.3) is 0 Å². The highest BCUT2D eigenvalue weighted by Gasteiger charge is 2.00. The van der Waals surface area contributed by atoms with E-state index in [2.05, 4.69) is 60.7 Å². The van der Waals surface area contributed by atoms with Crippen molar-refractivity contribution in [3.05, 3.63) is 66.3 Å². The van der Waals surface area contributed by atoms with E-state index in [9.17, 15) is 0 Å². The van der Waals surface area contributed by atoms with Gasteiger partial charge in [0, 0.05) is 0 Å². The lowest BCUT2D eigenvalue weighted by Crippen LogP contribution is -1.86. The van der Waals surface area contributed by atoms with Crippen molar-refractivity contribution in [3.8, 4) is 0 Å². The van der Waals surface area contributed by atoms with Crippen molar-refractivity contribution in [2.24, 2.45) is 0 Å². The van der Waals surface area contributed by atoms with Crippen LogP contribution in [0.4, 0.5) is 0 Å². The number of benzene rings is 1. The lowest BCUT2D eigenvalue weighted by atomic mass is 9.98. The summed E-state index contributed by atoms with van der Waals surface area (Å²) in [7, 11) is 0. The van der Waals surface area contributed by atoms with Gasteiger partial charge in [0.05, 0.1) is 0 Å². The van der Waals surface area contributed by atoms with Crippen molar-refractivity contribution in [1.82, 2.24) is 0 Å². The van der Waals surface area contributed by atoms with Crippen molar-refractivity contribution in [1.29, 1.82) is 0 Å². The fourth-order valence-corrected chi connectivity index (χ4v) is 2.32. The Bertz CT molecular complexity index is 421. The van der Waals surface area contributed by atoms with E-state index in [0.717, 1.165) is 0 Å². The molecule has 94 valence electrons. The molecule has 0 spiro atoms. The molecule has 0 nitrogen and oxygen atoms in total. The molecule has 0 aliphatic heterocycles. The molecule has 1 aromatic carbocycles. The summed E-state index contributed by atoms with van der Waals surface area (Å²) in [6, 6.07) is 10.7. The lowest BCUT2D eigenvalue weighted by molar-refractivity contribution is 0.655. The van der Waals surface area contributed by atoms with Crippen LogP contribution in [0.25, 0.3) is 5.57 Å². The van der Waals surface area contributed by atoms with Gasteiger partial charge < -0.3 is 0 Å². The molecule has 0 radical (unpaired) electrons. The van der Waals surface area contributed by atoms with E-state index >= 15 is 0 Å². The Balaban J connectivity index is 2.13. The first-order valence-electron chi connectivity index (χ1n) is 7.04. The van der Waals surface area contributed by atoms with Crippen LogP contribution in [-0.4, -0.2) is 0 Å². The molecule has 0 bridgehead atoms. The number of hydrogen-bond acceptors (Lipinski definition) is 0. The first kappa shape index (κ1) is 12.9. The van der Waals surface area contributed by atoms with E-state index in [1.54, 1.807) is 0 Å². The lowest BCUT2D eigenvalue weighted by Gasteiger charge is -2.07. The second-order valence-electron chi connectivity index (χ2n) is 4.82. The van der Waals surface area contributed by atoms with Gasteiger partial charge in [-0.2, -0.15) is 0 Å². The first-order valence-corrected chi connectivity index (χ1v) is 7.04. The largest absolute Gasteiger partial charge is 0.0845 e. The predicted molar refractivity (Wildman–Crippen MR) is 80.4 cm³/mol. The zero-order valence-electron chi connectivity index (χ0n) is 11.0. The minimum Gasteiger partial charge on any atom is -0.0845 e. The summed E-state index contributed by atoms with van der Waals surface area (Å²) >= 11 is 0. The number of hydrogen-bond donors (Lipinski definition) is 0. The number of rotatable bonds is 1. The molecular formula is C18H22. The zero-order valence-corrected chi connectivity index (χ0v) is 11.0. The average Bonchev–Trinajstić information content (AvgIpc) is 2.40. The Morgan fingerprint density at radius 3 is 2.44 bits per heavy atom. The highest BCUT2D eigenvalue weighted by Crippen LogP contribution is 2.22. The minimum absolute atomic E-state index is 1.19. The fourth-order valence-electron chi connectivity index (χ4n) is 2.32. The van der Waals surface area contributed by atoms with Crippen LogP contribution in [0.15, 0.2) is 60.7 Å². The molecule has 18 heavy (non-hydrogen) atoms. The summed E-state index contributed by atoms with van der Waals surface area (Å²) in [5, 5.41) is 0. The predicted octanol–water partition coefficient (Wildman–Crippen LogP) is 5.54. The van der Waals surface area contributed by atoms with Gasteiger partial charge in [-0.3, -0.25) is 0 Å². The monoisotopic (exact) mass is 238 g/mol. The third-order valence-corrected chi connectivity index (χ3v) is 3.37. The smallest absolute Gasteiger partial charge is 0.0225 e. The maximum Gasteiger partial charge on any atom is -0.0225 e. The first-order chi connectivity index (χ1) is 8.97. The van der Waals surface area contributed by atoms with Crippen LogP contribution in [0, 0.1) is 0 Å².